The molecule has 2 atom stereocenters. The number of carbonyl (C=O) groups is 1. The monoisotopic (exact) mass is 507 g/mol. The highest BCUT2D eigenvalue weighted by atomic mass is 35.5. The standard InChI is InChI=1S/C24H34ClN5O3S/c1-5-28(6-2)17-16-26-24(31)29-18-22(19-10-8-7-9-11-19)23(20-12-14-21(25)15-13-20)30(29)34(32,33)27(3)4/h7-15,22-23H,5-6,16-18H2,1-4H3,(H,26,31). The molecule has 1 saturated heterocycles. The Hall–Kier alpha value is -2.17. The highest BCUT2D eigenvalue weighted by molar-refractivity contribution is 7.86. The number of benzene rings is 2. The van der Waals surface area contributed by atoms with Crippen molar-refractivity contribution < 1.29 is 13.2 Å². The molecule has 1 N–H and O–H groups in total. The summed E-state index contributed by atoms with van der Waals surface area (Å²) in [6.07, 6.45) is 0. The predicted molar refractivity (Wildman–Crippen MR) is 136 cm³/mol. The molecule has 0 radical (unpaired) electrons. The lowest BCUT2D eigenvalue weighted by molar-refractivity contribution is 0.107. The molecule has 1 heterocycles. The summed E-state index contributed by atoms with van der Waals surface area (Å²) in [5.74, 6) is -0.259. The molecular weight excluding hydrogens is 474 g/mol. The van der Waals surface area contributed by atoms with Crippen molar-refractivity contribution in [2.45, 2.75) is 25.8 Å². The zero-order valence-electron chi connectivity index (χ0n) is 20.2. The summed E-state index contributed by atoms with van der Waals surface area (Å²) in [5, 5.41) is 4.81. The second kappa shape index (κ2) is 11.5. The van der Waals surface area contributed by atoms with Crippen LogP contribution in [-0.2, 0) is 10.2 Å². The van der Waals surface area contributed by atoms with Crippen LogP contribution in [0, 0.1) is 0 Å². The molecule has 0 aliphatic carbocycles. The van der Waals surface area contributed by atoms with Gasteiger partial charge in [0, 0.05) is 44.7 Å². The molecule has 2 unspecified atom stereocenters. The maximum atomic E-state index is 13.5. The summed E-state index contributed by atoms with van der Waals surface area (Å²) in [7, 11) is -1.04. The zero-order valence-corrected chi connectivity index (χ0v) is 21.8. The topological polar surface area (TPSA) is 76.2 Å². The Morgan fingerprint density at radius 3 is 2.21 bits per heavy atom. The lowest BCUT2D eigenvalue weighted by atomic mass is 9.89. The van der Waals surface area contributed by atoms with Crippen LogP contribution in [-0.4, -0.2) is 79.9 Å². The lowest BCUT2D eigenvalue weighted by Crippen LogP contribution is -2.53. The molecule has 0 saturated carbocycles. The number of urea groups is 1. The Labute approximate surface area is 208 Å². The summed E-state index contributed by atoms with van der Waals surface area (Å²) in [6.45, 7) is 7.24. The number of hydrogen-bond donors (Lipinski definition) is 1. The number of nitrogens with one attached hydrogen (secondary N) is 1. The third-order valence-electron chi connectivity index (χ3n) is 6.20. The summed E-state index contributed by atoms with van der Waals surface area (Å²) >= 11 is 6.12. The fourth-order valence-electron chi connectivity index (χ4n) is 4.24. The second-order valence-electron chi connectivity index (χ2n) is 8.42. The van der Waals surface area contributed by atoms with E-state index in [9.17, 15) is 13.2 Å². The minimum Gasteiger partial charge on any atom is -0.336 e. The van der Waals surface area contributed by atoms with E-state index < -0.39 is 22.3 Å². The van der Waals surface area contributed by atoms with Gasteiger partial charge in [-0.05, 0) is 36.3 Å². The molecule has 3 rings (SSSR count). The first-order chi connectivity index (χ1) is 16.2. The SMILES string of the molecule is CCN(CC)CCNC(=O)N1CC(c2ccccc2)C(c2ccc(Cl)cc2)N1S(=O)(=O)N(C)C. The molecule has 1 fully saturated rings. The number of rotatable bonds is 9. The molecule has 8 nitrogen and oxygen atoms in total. The van der Waals surface area contributed by atoms with Crippen molar-refractivity contribution in [3.05, 3.63) is 70.7 Å². The van der Waals surface area contributed by atoms with Gasteiger partial charge in [0.05, 0.1) is 6.04 Å². The molecule has 2 aromatic rings. The van der Waals surface area contributed by atoms with Gasteiger partial charge in [0.15, 0.2) is 0 Å². The van der Waals surface area contributed by atoms with Crippen molar-refractivity contribution in [1.82, 2.24) is 23.9 Å². The van der Waals surface area contributed by atoms with Gasteiger partial charge in [-0.3, -0.25) is 0 Å². The van der Waals surface area contributed by atoms with E-state index in [1.807, 2.05) is 42.5 Å². The van der Waals surface area contributed by atoms with E-state index >= 15 is 0 Å². The van der Waals surface area contributed by atoms with Crippen molar-refractivity contribution in [3.63, 3.8) is 0 Å². The first-order valence-corrected chi connectivity index (χ1v) is 13.3. The van der Waals surface area contributed by atoms with Crippen LogP contribution in [0.25, 0.3) is 0 Å². The van der Waals surface area contributed by atoms with Gasteiger partial charge in [-0.15, -0.1) is 0 Å². The summed E-state index contributed by atoms with van der Waals surface area (Å²) in [4.78, 5) is 15.5. The number of hydrazine groups is 1. The predicted octanol–water partition coefficient (Wildman–Crippen LogP) is 3.56. The molecule has 34 heavy (non-hydrogen) atoms. The number of likely N-dealkylation sites (N-methyl/N-ethyl adjacent to an activating group) is 1. The lowest BCUT2D eigenvalue weighted by Gasteiger charge is -2.33. The highest BCUT2D eigenvalue weighted by Crippen LogP contribution is 2.45. The van der Waals surface area contributed by atoms with Gasteiger partial charge in [-0.2, -0.15) is 12.7 Å². The largest absolute Gasteiger partial charge is 0.336 e. The quantitative estimate of drug-likeness (QED) is 0.563. The molecule has 186 valence electrons. The molecule has 2 aromatic carbocycles. The Morgan fingerprint density at radius 2 is 1.65 bits per heavy atom. The second-order valence-corrected chi connectivity index (χ2v) is 10.9. The Balaban J connectivity index is 2.02. The van der Waals surface area contributed by atoms with Crippen molar-refractivity contribution in [2.24, 2.45) is 0 Å². The van der Waals surface area contributed by atoms with Gasteiger partial charge in [0.2, 0.25) is 0 Å². The minimum absolute atomic E-state index is 0.224. The van der Waals surface area contributed by atoms with Crippen LogP contribution >= 0.6 is 11.6 Å². The Morgan fingerprint density at radius 1 is 1.03 bits per heavy atom. The average Bonchev–Trinajstić information content (AvgIpc) is 3.24. The van der Waals surface area contributed by atoms with E-state index in [1.54, 1.807) is 12.1 Å². The maximum Gasteiger partial charge on any atom is 0.332 e. The molecule has 10 heteroatoms. The number of carbonyl (C=O) groups excluding carboxylic acids is 1. The molecule has 0 spiro atoms. The van der Waals surface area contributed by atoms with E-state index in [4.69, 9.17) is 11.6 Å². The molecule has 0 bridgehead atoms. The Bertz CT molecular complexity index is 1050. The van der Waals surface area contributed by atoms with E-state index in [1.165, 1.54) is 23.5 Å². The molecule has 1 aliphatic heterocycles. The molecule has 1 aliphatic rings. The van der Waals surface area contributed by atoms with E-state index in [2.05, 4.69) is 24.1 Å². The van der Waals surface area contributed by atoms with Gasteiger partial charge in [0.1, 0.15) is 0 Å². The van der Waals surface area contributed by atoms with E-state index in [0.29, 0.717) is 18.1 Å². The van der Waals surface area contributed by atoms with Crippen molar-refractivity contribution in [1.29, 1.82) is 0 Å². The third-order valence-corrected chi connectivity index (χ3v) is 8.27. The van der Waals surface area contributed by atoms with Gasteiger partial charge >= 0.3 is 6.03 Å². The van der Waals surface area contributed by atoms with Gasteiger partial charge < -0.3 is 10.2 Å². The van der Waals surface area contributed by atoms with Crippen LogP contribution < -0.4 is 5.32 Å². The Kier molecular flexibility index (Phi) is 8.95. The first kappa shape index (κ1) is 26.4. The minimum atomic E-state index is -3.98. The zero-order chi connectivity index (χ0) is 24.9. The average molecular weight is 508 g/mol. The van der Waals surface area contributed by atoms with Crippen LogP contribution in [0.3, 0.4) is 0 Å². The summed E-state index contributed by atoms with van der Waals surface area (Å²) in [6, 6.07) is 15.8. The van der Waals surface area contributed by atoms with Gasteiger partial charge in [-0.25, -0.2) is 9.80 Å². The van der Waals surface area contributed by atoms with Crippen molar-refractivity contribution >= 4 is 27.8 Å². The van der Waals surface area contributed by atoms with E-state index in [-0.39, 0.29) is 12.5 Å². The number of nitrogens with zero attached hydrogens (tertiary/aromatic N) is 4. The normalized spacial score (nSPS) is 19.2. The fraction of sp³-hybridized carbons (Fsp3) is 0.458. The van der Waals surface area contributed by atoms with Crippen LogP contribution in [0.15, 0.2) is 54.6 Å². The molecular formula is C24H34ClN5O3S. The van der Waals surface area contributed by atoms with Gasteiger partial charge in [0.25, 0.3) is 10.2 Å². The van der Waals surface area contributed by atoms with Crippen LogP contribution in [0.1, 0.15) is 36.9 Å². The first-order valence-electron chi connectivity index (χ1n) is 11.5. The fourth-order valence-corrected chi connectivity index (χ4v) is 5.64. The smallest absolute Gasteiger partial charge is 0.332 e. The van der Waals surface area contributed by atoms with E-state index in [0.717, 1.165) is 28.5 Å². The van der Waals surface area contributed by atoms with Crippen LogP contribution in [0.2, 0.25) is 5.02 Å². The van der Waals surface area contributed by atoms with Crippen molar-refractivity contribution in [3.8, 4) is 0 Å². The molecule has 2 amide bonds. The summed E-state index contributed by atoms with van der Waals surface area (Å²) < 4.78 is 29.5. The highest BCUT2D eigenvalue weighted by Gasteiger charge is 2.50. The molecule has 0 aromatic heterocycles. The number of halogens is 1. The van der Waals surface area contributed by atoms with Crippen LogP contribution in [0.4, 0.5) is 4.79 Å². The maximum absolute atomic E-state index is 13.5. The third kappa shape index (κ3) is 5.72. The number of hydrogen-bond acceptors (Lipinski definition) is 4. The van der Waals surface area contributed by atoms with Crippen LogP contribution in [0.5, 0.6) is 0 Å². The summed E-state index contributed by atoms with van der Waals surface area (Å²) in [5.41, 5.74) is 1.72. The van der Waals surface area contributed by atoms with Gasteiger partial charge in [-0.1, -0.05) is 72.3 Å². The van der Waals surface area contributed by atoms with Crippen molar-refractivity contribution in [2.75, 3.05) is 46.8 Å². The number of amides is 2.